The normalized spacial score (nSPS) is 12.1. The molecule has 112 valence electrons. The molecule has 0 radical (unpaired) electrons. The lowest BCUT2D eigenvalue weighted by molar-refractivity contribution is 0.0951. The molecule has 1 aromatic rings. The molecule has 0 aliphatic rings. The van der Waals surface area contributed by atoms with Gasteiger partial charge in [0.2, 0.25) is 0 Å². The lowest BCUT2D eigenvalue weighted by atomic mass is 10.1. The molecule has 0 aliphatic carbocycles. The Morgan fingerprint density at radius 1 is 1.45 bits per heavy atom. The monoisotopic (exact) mass is 300 g/mol. The first kappa shape index (κ1) is 16.4. The number of aromatic nitrogens is 1. The molecule has 0 bridgehead atoms. The molecule has 0 spiro atoms. The van der Waals surface area contributed by atoms with Gasteiger partial charge in [-0.25, -0.2) is 8.42 Å². The van der Waals surface area contributed by atoms with E-state index < -0.39 is 20.5 Å². The number of nitrogens with two attached hydrogens (primary N) is 1. The van der Waals surface area contributed by atoms with Gasteiger partial charge in [0.15, 0.2) is 9.84 Å². The largest absolute Gasteiger partial charge is 0.350 e. The Bertz CT molecular complexity index is 611. The van der Waals surface area contributed by atoms with Gasteiger partial charge in [0, 0.05) is 24.7 Å². The molecule has 8 heteroatoms. The first-order chi connectivity index (χ1) is 9.08. The van der Waals surface area contributed by atoms with Crippen LogP contribution in [-0.2, 0) is 9.84 Å². The average Bonchev–Trinajstić information content (AvgIpc) is 2.34. The number of rotatable bonds is 5. The van der Waals surface area contributed by atoms with Gasteiger partial charge in [-0.2, -0.15) is 0 Å². The first-order valence-corrected chi connectivity index (χ1v) is 7.88. The number of hydrogen-bond acceptors (Lipinski definition) is 6. The van der Waals surface area contributed by atoms with Crippen molar-refractivity contribution in [3.05, 3.63) is 23.5 Å². The molecule has 0 aromatic carbocycles. The summed E-state index contributed by atoms with van der Waals surface area (Å²) >= 11 is 0. The first-order valence-electron chi connectivity index (χ1n) is 5.99. The fraction of sp³-hybridized carbons (Fsp3) is 0.500. The van der Waals surface area contributed by atoms with Crippen LogP contribution < -0.4 is 16.6 Å². The molecule has 0 atom stereocenters. The second-order valence-corrected chi connectivity index (χ2v) is 7.88. The van der Waals surface area contributed by atoms with Crippen LogP contribution in [0.1, 0.15) is 29.9 Å². The van der Waals surface area contributed by atoms with Crippen LogP contribution in [0.25, 0.3) is 0 Å². The Kier molecular flexibility index (Phi) is 4.72. The van der Waals surface area contributed by atoms with Gasteiger partial charge in [-0.3, -0.25) is 15.6 Å². The maximum absolute atomic E-state index is 12.1. The third-order valence-corrected chi connectivity index (χ3v) is 5.27. The van der Waals surface area contributed by atoms with Crippen molar-refractivity contribution in [3.63, 3.8) is 0 Å². The molecule has 0 unspecified atom stereocenters. The predicted octanol–water partition coefficient (Wildman–Crippen LogP) is 0.229. The highest BCUT2D eigenvalue weighted by Gasteiger charge is 2.30. The van der Waals surface area contributed by atoms with Gasteiger partial charge >= 0.3 is 0 Å². The van der Waals surface area contributed by atoms with Crippen molar-refractivity contribution >= 4 is 21.4 Å². The number of nitrogen functional groups attached to an aromatic ring is 1. The fourth-order valence-electron chi connectivity index (χ4n) is 1.38. The highest BCUT2D eigenvalue weighted by atomic mass is 32.2. The zero-order valence-corrected chi connectivity index (χ0v) is 12.8. The van der Waals surface area contributed by atoms with Gasteiger partial charge in [0.25, 0.3) is 5.91 Å². The average molecular weight is 300 g/mol. The molecule has 0 saturated heterocycles. The molecular weight excluding hydrogens is 280 g/mol. The van der Waals surface area contributed by atoms with Crippen LogP contribution in [0.3, 0.4) is 0 Å². The molecule has 0 saturated carbocycles. The van der Waals surface area contributed by atoms with Crippen molar-refractivity contribution in [2.75, 3.05) is 18.2 Å². The Morgan fingerprint density at radius 2 is 2.05 bits per heavy atom. The van der Waals surface area contributed by atoms with Crippen LogP contribution in [0.4, 0.5) is 5.69 Å². The van der Waals surface area contributed by atoms with Gasteiger partial charge in [-0.1, -0.05) is 0 Å². The molecule has 7 nitrogen and oxygen atoms in total. The number of hydrogen-bond donors (Lipinski definition) is 3. The number of sulfone groups is 1. The van der Waals surface area contributed by atoms with Crippen molar-refractivity contribution in [1.29, 1.82) is 0 Å². The number of pyridine rings is 1. The molecule has 1 rings (SSSR count). The minimum atomic E-state index is -3.27. The minimum Gasteiger partial charge on any atom is -0.350 e. The summed E-state index contributed by atoms with van der Waals surface area (Å²) < 4.78 is 22.1. The topological polar surface area (TPSA) is 114 Å². The molecule has 4 N–H and O–H groups in total. The minimum absolute atomic E-state index is 0.00253. The van der Waals surface area contributed by atoms with E-state index in [2.05, 4.69) is 15.7 Å². The number of nitrogens with zero attached hydrogens (tertiary/aromatic N) is 1. The summed E-state index contributed by atoms with van der Waals surface area (Å²) in [4.78, 5) is 16.1. The van der Waals surface area contributed by atoms with E-state index in [1.165, 1.54) is 6.20 Å². The molecule has 20 heavy (non-hydrogen) atoms. The van der Waals surface area contributed by atoms with E-state index >= 15 is 0 Å². The molecule has 1 heterocycles. The van der Waals surface area contributed by atoms with Crippen molar-refractivity contribution < 1.29 is 13.2 Å². The van der Waals surface area contributed by atoms with E-state index in [1.54, 1.807) is 26.8 Å². The Balaban J connectivity index is 2.88. The smallest absolute Gasteiger partial charge is 0.255 e. The SMILES string of the molecule is Cc1cc(NN)c(C(=O)NCC(C)(C)S(C)(=O)=O)cn1. The van der Waals surface area contributed by atoms with Gasteiger partial charge in [-0.15, -0.1) is 0 Å². The predicted molar refractivity (Wildman–Crippen MR) is 78.0 cm³/mol. The van der Waals surface area contributed by atoms with Crippen molar-refractivity contribution in [2.45, 2.75) is 25.5 Å². The summed E-state index contributed by atoms with van der Waals surface area (Å²) in [6.45, 7) is 4.88. The maximum atomic E-state index is 12.1. The Hall–Kier alpha value is -1.67. The van der Waals surface area contributed by atoms with E-state index in [-0.39, 0.29) is 12.1 Å². The Labute approximate surface area is 118 Å². The van der Waals surface area contributed by atoms with Gasteiger partial charge in [0.05, 0.1) is 16.0 Å². The van der Waals surface area contributed by atoms with Gasteiger partial charge in [0.1, 0.15) is 0 Å². The zero-order chi connectivity index (χ0) is 15.6. The molecule has 1 amide bonds. The van der Waals surface area contributed by atoms with Crippen LogP contribution in [-0.4, -0.2) is 36.9 Å². The second kappa shape index (κ2) is 5.76. The third-order valence-electron chi connectivity index (χ3n) is 3.12. The molecule has 0 fully saturated rings. The summed E-state index contributed by atoms with van der Waals surface area (Å²) in [6.07, 6.45) is 2.53. The summed E-state index contributed by atoms with van der Waals surface area (Å²) in [5.74, 6) is 4.93. The number of carbonyl (C=O) groups excluding carboxylic acids is 1. The molecule has 1 aromatic heterocycles. The van der Waals surface area contributed by atoms with Crippen LogP contribution in [0.2, 0.25) is 0 Å². The van der Waals surface area contributed by atoms with Gasteiger partial charge < -0.3 is 10.7 Å². The van der Waals surface area contributed by atoms with Crippen LogP contribution in [0.5, 0.6) is 0 Å². The number of anilines is 1. The number of nitrogens with one attached hydrogen (secondary N) is 2. The lowest BCUT2D eigenvalue weighted by Crippen LogP contribution is -2.44. The quantitative estimate of drug-likeness (QED) is 0.530. The van der Waals surface area contributed by atoms with E-state index in [9.17, 15) is 13.2 Å². The second-order valence-electron chi connectivity index (χ2n) is 5.23. The number of carbonyl (C=O) groups is 1. The van der Waals surface area contributed by atoms with Crippen molar-refractivity contribution in [1.82, 2.24) is 10.3 Å². The van der Waals surface area contributed by atoms with Crippen LogP contribution >= 0.6 is 0 Å². The summed E-state index contributed by atoms with van der Waals surface area (Å²) in [5, 5.41) is 2.59. The number of amides is 1. The number of aryl methyl sites for hydroxylation is 1. The third kappa shape index (κ3) is 3.67. The summed E-state index contributed by atoms with van der Waals surface area (Å²) in [6, 6.07) is 1.64. The van der Waals surface area contributed by atoms with Gasteiger partial charge in [-0.05, 0) is 26.8 Å². The zero-order valence-electron chi connectivity index (χ0n) is 12.0. The highest BCUT2D eigenvalue weighted by Crippen LogP contribution is 2.16. The standard InChI is InChI=1S/C12H20N4O3S/c1-8-5-10(16-13)9(6-14-8)11(17)15-7-12(2,3)20(4,18)19/h5-6H,7,13H2,1-4H3,(H,14,16)(H,15,17). The highest BCUT2D eigenvalue weighted by molar-refractivity contribution is 7.92. The molecule has 0 aliphatic heterocycles. The van der Waals surface area contributed by atoms with E-state index in [1.807, 2.05) is 0 Å². The molecular formula is C12H20N4O3S. The summed E-state index contributed by atoms with van der Waals surface area (Å²) in [7, 11) is -3.27. The fourth-order valence-corrected chi connectivity index (χ4v) is 1.71. The maximum Gasteiger partial charge on any atom is 0.255 e. The van der Waals surface area contributed by atoms with E-state index in [0.29, 0.717) is 11.4 Å². The lowest BCUT2D eigenvalue weighted by Gasteiger charge is -2.23. The van der Waals surface area contributed by atoms with Crippen molar-refractivity contribution in [3.8, 4) is 0 Å². The van der Waals surface area contributed by atoms with Crippen LogP contribution in [0, 0.1) is 6.92 Å². The van der Waals surface area contributed by atoms with E-state index in [4.69, 9.17) is 5.84 Å². The van der Waals surface area contributed by atoms with E-state index in [0.717, 1.165) is 6.26 Å². The Morgan fingerprint density at radius 3 is 2.55 bits per heavy atom. The summed E-state index contributed by atoms with van der Waals surface area (Å²) in [5.41, 5.74) is 3.84. The number of hydrazine groups is 1. The van der Waals surface area contributed by atoms with Crippen LogP contribution in [0.15, 0.2) is 12.3 Å². The van der Waals surface area contributed by atoms with Crippen molar-refractivity contribution in [2.24, 2.45) is 5.84 Å².